The number of hydrazone groups is 1. The molecule has 0 radical (unpaired) electrons. The molecule has 0 fully saturated rings. The van der Waals surface area contributed by atoms with E-state index >= 15 is 0 Å². The van der Waals surface area contributed by atoms with Crippen LogP contribution in [0.2, 0.25) is 0 Å². The molecule has 1 amide bonds. The maximum atomic E-state index is 12.5. The number of amides is 1. The third kappa shape index (κ3) is 6.68. The molecule has 0 aliphatic heterocycles. The summed E-state index contributed by atoms with van der Waals surface area (Å²) in [7, 11) is 1.55. The van der Waals surface area contributed by atoms with Crippen molar-refractivity contribution >= 4 is 34.0 Å². The molecule has 0 aromatic heterocycles. The van der Waals surface area contributed by atoms with Gasteiger partial charge in [0.25, 0.3) is 5.91 Å². The molecule has 7 nitrogen and oxygen atoms in total. The Hall–Kier alpha value is -3.65. The van der Waals surface area contributed by atoms with Crippen LogP contribution in [0.5, 0.6) is 17.2 Å². The lowest BCUT2D eigenvalue weighted by Crippen LogP contribution is -2.24. The first-order chi connectivity index (χ1) is 15.4. The number of esters is 1. The fourth-order valence-corrected chi connectivity index (χ4v) is 3.04. The van der Waals surface area contributed by atoms with Crippen molar-refractivity contribution in [3.05, 3.63) is 87.9 Å². The Morgan fingerprint density at radius 3 is 2.53 bits per heavy atom. The topological polar surface area (TPSA) is 86.2 Å². The Morgan fingerprint density at radius 1 is 1.03 bits per heavy atom. The maximum Gasteiger partial charge on any atom is 0.343 e. The number of ether oxygens (including phenoxy) is 3. The van der Waals surface area contributed by atoms with Crippen LogP contribution in [-0.4, -0.2) is 31.8 Å². The standard InChI is InChI=1S/C24H21BrN2O5/c1-16-4-3-5-21(12-16)31-15-23(28)27-26-14-18-13-19(25)8-11-22(18)32-24(29)17-6-9-20(30-2)10-7-17/h3-14H,15H2,1-2H3,(H,27,28)/b26-14-. The number of hydrogen-bond acceptors (Lipinski definition) is 6. The van der Waals surface area contributed by atoms with Gasteiger partial charge in [-0.15, -0.1) is 0 Å². The van der Waals surface area contributed by atoms with Gasteiger partial charge in [0.1, 0.15) is 17.2 Å². The summed E-state index contributed by atoms with van der Waals surface area (Å²) in [5.41, 5.74) is 4.31. The third-order valence-electron chi connectivity index (χ3n) is 4.25. The average Bonchev–Trinajstić information content (AvgIpc) is 2.79. The first-order valence-electron chi connectivity index (χ1n) is 9.62. The summed E-state index contributed by atoms with van der Waals surface area (Å²) in [4.78, 5) is 24.5. The number of hydrogen-bond donors (Lipinski definition) is 1. The minimum atomic E-state index is -0.528. The molecule has 0 unspecified atom stereocenters. The molecule has 0 saturated carbocycles. The second kappa shape index (κ2) is 11.1. The molecule has 0 bridgehead atoms. The number of carbonyl (C=O) groups is 2. The van der Waals surface area contributed by atoms with Gasteiger partial charge in [-0.05, 0) is 67.1 Å². The van der Waals surface area contributed by atoms with E-state index in [-0.39, 0.29) is 6.61 Å². The molecule has 164 valence electrons. The van der Waals surface area contributed by atoms with E-state index in [2.05, 4.69) is 26.5 Å². The first-order valence-corrected chi connectivity index (χ1v) is 10.4. The third-order valence-corrected chi connectivity index (χ3v) is 4.75. The van der Waals surface area contributed by atoms with Crippen LogP contribution in [0.3, 0.4) is 0 Å². The lowest BCUT2D eigenvalue weighted by atomic mass is 10.2. The van der Waals surface area contributed by atoms with Crippen molar-refractivity contribution in [3.8, 4) is 17.2 Å². The van der Waals surface area contributed by atoms with Crippen molar-refractivity contribution in [2.45, 2.75) is 6.92 Å². The van der Waals surface area contributed by atoms with Crippen LogP contribution < -0.4 is 19.6 Å². The maximum absolute atomic E-state index is 12.5. The van der Waals surface area contributed by atoms with E-state index in [1.165, 1.54) is 6.21 Å². The highest BCUT2D eigenvalue weighted by atomic mass is 79.9. The van der Waals surface area contributed by atoms with Gasteiger partial charge >= 0.3 is 5.97 Å². The van der Waals surface area contributed by atoms with Gasteiger partial charge in [0, 0.05) is 10.0 Å². The van der Waals surface area contributed by atoms with Crippen LogP contribution in [0.15, 0.2) is 76.3 Å². The molecule has 0 atom stereocenters. The van der Waals surface area contributed by atoms with Crippen LogP contribution in [0, 0.1) is 6.92 Å². The van der Waals surface area contributed by atoms with Gasteiger partial charge in [-0.3, -0.25) is 4.79 Å². The monoisotopic (exact) mass is 496 g/mol. The Bertz CT molecular complexity index is 1130. The number of carbonyl (C=O) groups excluding carboxylic acids is 2. The van der Waals surface area contributed by atoms with Crippen molar-refractivity contribution in [1.82, 2.24) is 5.43 Å². The van der Waals surface area contributed by atoms with Gasteiger partial charge in [0.2, 0.25) is 0 Å². The van der Waals surface area contributed by atoms with E-state index in [4.69, 9.17) is 14.2 Å². The summed E-state index contributed by atoms with van der Waals surface area (Å²) in [5, 5.41) is 3.94. The van der Waals surface area contributed by atoms with E-state index in [1.54, 1.807) is 55.6 Å². The van der Waals surface area contributed by atoms with Gasteiger partial charge in [-0.25, -0.2) is 10.2 Å². The zero-order valence-electron chi connectivity index (χ0n) is 17.5. The fourth-order valence-electron chi connectivity index (χ4n) is 2.66. The van der Waals surface area contributed by atoms with E-state index in [0.717, 1.165) is 10.0 Å². The molecule has 0 aliphatic rings. The van der Waals surface area contributed by atoms with E-state index < -0.39 is 11.9 Å². The van der Waals surface area contributed by atoms with Crippen LogP contribution in [0.4, 0.5) is 0 Å². The Kier molecular flexibility index (Phi) is 7.99. The zero-order valence-corrected chi connectivity index (χ0v) is 19.1. The first kappa shape index (κ1) is 23.0. The number of nitrogens with zero attached hydrogens (tertiary/aromatic N) is 1. The van der Waals surface area contributed by atoms with E-state index in [9.17, 15) is 9.59 Å². The Morgan fingerprint density at radius 2 is 1.81 bits per heavy atom. The highest BCUT2D eigenvalue weighted by Gasteiger charge is 2.12. The lowest BCUT2D eigenvalue weighted by molar-refractivity contribution is -0.123. The van der Waals surface area contributed by atoms with Crippen molar-refractivity contribution < 1.29 is 23.8 Å². The summed E-state index contributed by atoms with van der Waals surface area (Å²) >= 11 is 3.38. The van der Waals surface area contributed by atoms with Crippen LogP contribution in [-0.2, 0) is 4.79 Å². The Balaban J connectivity index is 1.61. The largest absolute Gasteiger partial charge is 0.497 e. The Labute approximate surface area is 194 Å². The van der Waals surface area contributed by atoms with Gasteiger partial charge in [-0.2, -0.15) is 5.10 Å². The molecule has 3 aromatic rings. The molecule has 0 heterocycles. The van der Waals surface area contributed by atoms with Crippen molar-refractivity contribution in [3.63, 3.8) is 0 Å². The lowest BCUT2D eigenvalue weighted by Gasteiger charge is -2.09. The summed E-state index contributed by atoms with van der Waals surface area (Å²) < 4.78 is 16.8. The molecule has 1 N–H and O–H groups in total. The van der Waals surface area contributed by atoms with Crippen LogP contribution in [0.25, 0.3) is 0 Å². The van der Waals surface area contributed by atoms with Gasteiger partial charge in [0.05, 0.1) is 18.9 Å². The van der Waals surface area contributed by atoms with E-state index in [1.807, 2.05) is 25.1 Å². The molecule has 32 heavy (non-hydrogen) atoms. The highest BCUT2D eigenvalue weighted by Crippen LogP contribution is 2.23. The number of methoxy groups -OCH3 is 1. The predicted octanol–water partition coefficient (Wildman–Crippen LogP) is 4.51. The second-order valence-electron chi connectivity index (χ2n) is 6.70. The normalized spacial score (nSPS) is 10.6. The van der Waals surface area contributed by atoms with Crippen molar-refractivity contribution in [1.29, 1.82) is 0 Å². The predicted molar refractivity (Wildman–Crippen MR) is 125 cm³/mol. The molecule has 0 aliphatic carbocycles. The summed E-state index contributed by atoms with van der Waals surface area (Å²) in [5.74, 6) is 0.585. The van der Waals surface area contributed by atoms with Gasteiger partial charge < -0.3 is 14.2 Å². The molecule has 8 heteroatoms. The molecule has 0 saturated heterocycles. The summed E-state index contributed by atoms with van der Waals surface area (Å²) in [6.07, 6.45) is 1.39. The molecule has 3 rings (SSSR count). The summed E-state index contributed by atoms with van der Waals surface area (Å²) in [6, 6.07) is 19.1. The number of halogens is 1. The molecular weight excluding hydrogens is 476 g/mol. The van der Waals surface area contributed by atoms with E-state index in [0.29, 0.717) is 28.4 Å². The zero-order chi connectivity index (χ0) is 22.9. The molecule has 3 aromatic carbocycles. The van der Waals surface area contributed by atoms with Gasteiger partial charge in [-0.1, -0.05) is 28.1 Å². The van der Waals surface area contributed by atoms with Crippen LogP contribution in [0.1, 0.15) is 21.5 Å². The molecule has 0 spiro atoms. The molecular formula is C24H21BrN2O5. The number of rotatable bonds is 8. The number of aryl methyl sites for hydroxylation is 1. The second-order valence-corrected chi connectivity index (χ2v) is 7.61. The van der Waals surface area contributed by atoms with Crippen molar-refractivity contribution in [2.75, 3.05) is 13.7 Å². The average molecular weight is 497 g/mol. The fraction of sp³-hybridized carbons (Fsp3) is 0.125. The SMILES string of the molecule is COc1ccc(C(=O)Oc2ccc(Br)cc2/C=N\NC(=O)COc2cccc(C)c2)cc1. The minimum Gasteiger partial charge on any atom is -0.497 e. The number of benzene rings is 3. The summed E-state index contributed by atoms with van der Waals surface area (Å²) in [6.45, 7) is 1.76. The van der Waals surface area contributed by atoms with Gasteiger partial charge in [0.15, 0.2) is 6.61 Å². The number of nitrogens with one attached hydrogen (secondary N) is 1. The van der Waals surface area contributed by atoms with Crippen molar-refractivity contribution in [2.24, 2.45) is 5.10 Å². The van der Waals surface area contributed by atoms with Crippen LogP contribution >= 0.6 is 15.9 Å². The quantitative estimate of drug-likeness (QED) is 0.214. The smallest absolute Gasteiger partial charge is 0.343 e. The minimum absolute atomic E-state index is 0.182. The highest BCUT2D eigenvalue weighted by molar-refractivity contribution is 9.10.